The molecule has 0 bridgehead atoms. The van der Waals surface area contributed by atoms with Crippen LogP contribution in [0.3, 0.4) is 0 Å². The number of nitrogens with zero attached hydrogens (tertiary/aromatic N) is 2. The van der Waals surface area contributed by atoms with Gasteiger partial charge >= 0.3 is 8.80 Å². The Hall–Kier alpha value is -0.0262. The largest absolute Gasteiger partial charge is 0.528 e. The summed E-state index contributed by atoms with van der Waals surface area (Å²) >= 11 is 0. The molecular weight excluding hydrogens is 336 g/mol. The van der Waals surface area contributed by atoms with Gasteiger partial charge in [-0.1, -0.05) is 33.4 Å². The highest BCUT2D eigenvalue weighted by Gasteiger charge is 2.37. The molecule has 0 heterocycles. The van der Waals surface area contributed by atoms with Gasteiger partial charge in [-0.25, -0.2) is 0 Å². The van der Waals surface area contributed by atoms with Gasteiger partial charge in [0.15, 0.2) is 0 Å². The third-order valence-corrected chi connectivity index (χ3v) is 8.25. The zero-order valence-corrected chi connectivity index (χ0v) is 18.8. The maximum absolute atomic E-state index is 5.90. The summed E-state index contributed by atoms with van der Waals surface area (Å²) in [5.74, 6) is 0.433. The second kappa shape index (κ2) is 14.2. The van der Waals surface area contributed by atoms with Crippen molar-refractivity contribution < 1.29 is 13.3 Å². The summed E-state index contributed by atoms with van der Waals surface area (Å²) in [6.07, 6.45) is 0. The van der Waals surface area contributed by atoms with Gasteiger partial charge in [-0.3, -0.25) is 9.80 Å². The van der Waals surface area contributed by atoms with Crippen molar-refractivity contribution in [2.24, 2.45) is 0 Å². The molecule has 0 aliphatic rings. The van der Waals surface area contributed by atoms with Crippen molar-refractivity contribution in [3.05, 3.63) is 11.4 Å². The molecule has 0 spiro atoms. The molecule has 0 aliphatic heterocycles. The molecule has 0 aromatic rings. The van der Waals surface area contributed by atoms with Gasteiger partial charge in [0.2, 0.25) is 0 Å². The highest BCUT2D eigenvalue weighted by Crippen LogP contribution is 2.13. The minimum Gasteiger partial charge on any atom is -0.371 e. The molecule has 0 aromatic carbocycles. The van der Waals surface area contributed by atoms with Crippen molar-refractivity contribution in [1.82, 2.24) is 9.80 Å². The average molecular weight is 375 g/mol. The molecule has 7 heteroatoms. The molecule has 0 saturated carbocycles. The first-order valence-corrected chi connectivity index (χ1v) is 12.4. The van der Waals surface area contributed by atoms with Crippen LogP contribution in [0.1, 0.15) is 48.5 Å². The Morgan fingerprint density at radius 3 is 1.42 bits per heavy atom. The van der Waals surface area contributed by atoms with E-state index in [-0.39, 0.29) is 0 Å². The van der Waals surface area contributed by atoms with Gasteiger partial charge in [-0.15, -0.1) is 0 Å². The Morgan fingerprint density at radius 1 is 0.750 bits per heavy atom. The van der Waals surface area contributed by atoms with E-state index in [1.54, 1.807) is 0 Å². The van der Waals surface area contributed by atoms with Crippen molar-refractivity contribution in [3.63, 3.8) is 0 Å². The van der Waals surface area contributed by atoms with Crippen molar-refractivity contribution in [2.45, 2.75) is 54.3 Å². The van der Waals surface area contributed by atoms with Crippen LogP contribution in [0, 0.1) is 0 Å². The standard InChI is InChI=1S/C17H38N2O3Si2/c1-8-18(9-2)17(19(10-3)11-4)23-15-16-24(20-12-5,21-13-6)22-14-7/h15-17H,8-14H2,1-7H3. The Morgan fingerprint density at radius 2 is 1.12 bits per heavy atom. The van der Waals surface area contributed by atoms with Gasteiger partial charge < -0.3 is 13.3 Å². The van der Waals surface area contributed by atoms with Crippen LogP contribution in [0.25, 0.3) is 0 Å². The van der Waals surface area contributed by atoms with Crippen LogP contribution in [0.4, 0.5) is 0 Å². The minimum absolute atomic E-state index is 0.433. The molecule has 0 N–H and O–H groups in total. The topological polar surface area (TPSA) is 34.2 Å². The fourth-order valence-electron chi connectivity index (χ4n) is 2.69. The van der Waals surface area contributed by atoms with Crippen LogP contribution in [-0.2, 0) is 13.3 Å². The molecule has 0 atom stereocenters. The summed E-state index contributed by atoms with van der Waals surface area (Å²) in [5, 5.41) is 0. The van der Waals surface area contributed by atoms with Gasteiger partial charge in [0.05, 0.1) is 5.79 Å². The predicted octanol–water partition coefficient (Wildman–Crippen LogP) is 2.76. The highest BCUT2D eigenvalue weighted by molar-refractivity contribution is 6.67. The second-order valence-electron chi connectivity index (χ2n) is 5.22. The van der Waals surface area contributed by atoms with Crippen LogP contribution in [0.2, 0.25) is 0 Å². The SMILES string of the molecule is CCO[Si](C=C[Si]C(N(CC)CC)N(CC)CC)(OCC)OCC. The van der Waals surface area contributed by atoms with E-state index in [0.717, 1.165) is 26.2 Å². The first-order chi connectivity index (χ1) is 11.6. The van der Waals surface area contributed by atoms with Gasteiger partial charge in [-0.2, -0.15) is 0 Å². The van der Waals surface area contributed by atoms with Crippen molar-refractivity contribution >= 4 is 18.3 Å². The Labute approximate surface area is 153 Å². The highest BCUT2D eigenvalue weighted by atomic mass is 28.4. The zero-order chi connectivity index (χ0) is 18.4. The molecule has 0 aliphatic carbocycles. The van der Waals surface area contributed by atoms with E-state index < -0.39 is 8.80 Å². The van der Waals surface area contributed by atoms with Crippen LogP contribution in [0.5, 0.6) is 0 Å². The van der Waals surface area contributed by atoms with Crippen LogP contribution >= 0.6 is 0 Å². The van der Waals surface area contributed by atoms with Gasteiger partial charge in [-0.05, 0) is 52.6 Å². The quantitative estimate of drug-likeness (QED) is 0.325. The summed E-state index contributed by atoms with van der Waals surface area (Å²) in [6.45, 7) is 20.9. The monoisotopic (exact) mass is 374 g/mol. The lowest BCUT2D eigenvalue weighted by atomic mass is 10.5. The predicted molar refractivity (Wildman–Crippen MR) is 105 cm³/mol. The summed E-state index contributed by atoms with van der Waals surface area (Å²) in [6, 6.07) is 0. The Balaban J connectivity index is 5.20. The van der Waals surface area contributed by atoms with E-state index in [1.165, 1.54) is 0 Å². The van der Waals surface area contributed by atoms with Crippen molar-refractivity contribution in [3.8, 4) is 0 Å². The van der Waals surface area contributed by atoms with Gasteiger partial charge in [0.1, 0.15) is 9.52 Å². The van der Waals surface area contributed by atoms with E-state index in [4.69, 9.17) is 13.3 Å². The fraction of sp³-hybridized carbons (Fsp3) is 0.882. The lowest BCUT2D eigenvalue weighted by Gasteiger charge is -2.37. The Bertz CT molecular complexity index is 296. The van der Waals surface area contributed by atoms with E-state index in [9.17, 15) is 0 Å². The lowest BCUT2D eigenvalue weighted by Crippen LogP contribution is -2.52. The molecule has 0 saturated heterocycles. The molecule has 0 aromatic heterocycles. The normalized spacial score (nSPS) is 13.1. The molecule has 5 nitrogen and oxygen atoms in total. The minimum atomic E-state index is -2.68. The van der Waals surface area contributed by atoms with Crippen molar-refractivity contribution in [2.75, 3.05) is 46.0 Å². The number of hydrogen-bond acceptors (Lipinski definition) is 5. The lowest BCUT2D eigenvalue weighted by molar-refractivity contribution is 0.0843. The third kappa shape index (κ3) is 7.90. The second-order valence-corrected chi connectivity index (χ2v) is 8.81. The molecular formula is C17H38N2O3Si2. The summed E-state index contributed by atoms with van der Waals surface area (Å²) in [7, 11) is -2.02. The molecule has 0 rings (SSSR count). The Kier molecular flexibility index (Phi) is 14.2. The van der Waals surface area contributed by atoms with Crippen LogP contribution < -0.4 is 0 Å². The molecule has 142 valence electrons. The smallest absolute Gasteiger partial charge is 0.371 e. The maximum Gasteiger partial charge on any atom is 0.528 e. The summed E-state index contributed by atoms with van der Waals surface area (Å²) in [4.78, 5) is 5.03. The van der Waals surface area contributed by atoms with Crippen LogP contribution in [-0.4, -0.2) is 79.9 Å². The van der Waals surface area contributed by atoms with E-state index in [0.29, 0.717) is 35.1 Å². The van der Waals surface area contributed by atoms with Gasteiger partial charge in [0, 0.05) is 19.8 Å². The molecule has 24 heavy (non-hydrogen) atoms. The van der Waals surface area contributed by atoms with Crippen LogP contribution in [0.15, 0.2) is 11.4 Å². The summed E-state index contributed by atoms with van der Waals surface area (Å²) in [5.41, 5.74) is 4.32. The molecule has 2 radical (unpaired) electrons. The van der Waals surface area contributed by atoms with E-state index in [1.807, 2.05) is 20.8 Å². The first-order valence-electron chi connectivity index (χ1n) is 9.41. The molecule has 0 unspecified atom stereocenters. The first kappa shape index (κ1) is 24.0. The van der Waals surface area contributed by atoms with Gasteiger partial charge in [0.25, 0.3) is 0 Å². The fourth-order valence-corrected chi connectivity index (χ4v) is 6.96. The maximum atomic E-state index is 5.90. The number of rotatable bonds is 15. The van der Waals surface area contributed by atoms with E-state index >= 15 is 0 Å². The molecule has 0 fully saturated rings. The summed E-state index contributed by atoms with van der Waals surface area (Å²) < 4.78 is 17.7. The third-order valence-electron chi connectivity index (χ3n) is 3.89. The zero-order valence-electron chi connectivity index (χ0n) is 16.8. The average Bonchev–Trinajstić information content (AvgIpc) is 2.57. The number of hydrogen-bond donors (Lipinski definition) is 0. The van der Waals surface area contributed by atoms with Crippen molar-refractivity contribution in [1.29, 1.82) is 0 Å². The van der Waals surface area contributed by atoms with E-state index in [2.05, 4.69) is 48.9 Å². The molecule has 0 amide bonds.